The Balaban J connectivity index is 1.64. The van der Waals surface area contributed by atoms with Gasteiger partial charge in [-0.2, -0.15) is 10.2 Å². The number of fused-ring (bicyclic) bond motifs is 1. The monoisotopic (exact) mass is 384 g/mol. The van der Waals surface area contributed by atoms with Crippen LogP contribution in [0.5, 0.6) is 0 Å². The molecule has 7 heteroatoms. The van der Waals surface area contributed by atoms with Crippen molar-refractivity contribution in [3.63, 3.8) is 0 Å². The van der Waals surface area contributed by atoms with Crippen LogP contribution < -0.4 is 9.80 Å². The summed E-state index contributed by atoms with van der Waals surface area (Å²) in [4.78, 5) is 18.5. The molecule has 0 spiro atoms. The maximum Gasteiger partial charge on any atom is 0.228 e. The molecule has 1 aromatic carbocycles. The molecule has 7 nitrogen and oxygen atoms in total. The summed E-state index contributed by atoms with van der Waals surface area (Å²) in [5.41, 5.74) is 4.82. The molecule has 5 rings (SSSR count). The maximum absolute atomic E-state index is 9.12. The van der Waals surface area contributed by atoms with Gasteiger partial charge in [0.25, 0.3) is 0 Å². The molecule has 0 unspecified atom stereocenters. The van der Waals surface area contributed by atoms with E-state index in [-0.39, 0.29) is 0 Å². The van der Waals surface area contributed by atoms with Crippen LogP contribution in [0.1, 0.15) is 11.1 Å². The van der Waals surface area contributed by atoms with E-state index >= 15 is 0 Å². The lowest BCUT2D eigenvalue weighted by Gasteiger charge is -2.28. The van der Waals surface area contributed by atoms with Gasteiger partial charge in [0.1, 0.15) is 5.82 Å². The maximum atomic E-state index is 9.12. The number of ether oxygens (including phenoxy) is 1. The molecule has 0 amide bonds. The Morgan fingerprint density at radius 3 is 2.41 bits per heavy atom. The number of nitriles is 1. The number of morpholine rings is 1. The first kappa shape index (κ1) is 17.6. The van der Waals surface area contributed by atoms with Crippen LogP contribution in [0.25, 0.3) is 11.3 Å². The van der Waals surface area contributed by atoms with Gasteiger partial charge >= 0.3 is 0 Å². The zero-order valence-corrected chi connectivity index (χ0v) is 16.0. The number of hydrogen-bond acceptors (Lipinski definition) is 7. The Bertz CT molecular complexity index is 1060. The van der Waals surface area contributed by atoms with E-state index < -0.39 is 0 Å². The Morgan fingerprint density at radius 2 is 1.69 bits per heavy atom. The van der Waals surface area contributed by atoms with E-state index in [0.717, 1.165) is 60.3 Å². The number of anilines is 3. The minimum Gasteiger partial charge on any atom is -0.378 e. The molecule has 0 aliphatic carbocycles. The molecule has 4 heterocycles. The first-order valence-electron chi connectivity index (χ1n) is 9.75. The van der Waals surface area contributed by atoms with Gasteiger partial charge < -0.3 is 14.5 Å². The minimum atomic E-state index is 0.645. The van der Waals surface area contributed by atoms with E-state index in [2.05, 4.69) is 20.9 Å². The minimum absolute atomic E-state index is 0.645. The zero-order chi connectivity index (χ0) is 19.6. The summed E-state index contributed by atoms with van der Waals surface area (Å²) in [6.45, 7) is 3.77. The topological polar surface area (TPSA) is 78.2 Å². The summed E-state index contributed by atoms with van der Waals surface area (Å²) in [5.74, 6) is 1.68. The average Bonchev–Trinajstić information content (AvgIpc) is 3.24. The van der Waals surface area contributed by atoms with E-state index in [1.54, 1.807) is 12.4 Å². The van der Waals surface area contributed by atoms with Gasteiger partial charge in [-0.05, 0) is 30.7 Å². The molecule has 0 atom stereocenters. The van der Waals surface area contributed by atoms with Crippen LogP contribution in [0.2, 0.25) is 0 Å². The van der Waals surface area contributed by atoms with Crippen LogP contribution in [-0.4, -0.2) is 47.8 Å². The van der Waals surface area contributed by atoms with Crippen LogP contribution in [0.15, 0.2) is 48.8 Å². The SMILES string of the molecule is N#Cc1ccc(-c2nc(N3CCOCC3)nc3c2CCN3c2ccncc2)cc1. The number of pyridine rings is 1. The molecular formula is C22H20N6O. The van der Waals surface area contributed by atoms with Crippen molar-refractivity contribution >= 4 is 17.5 Å². The van der Waals surface area contributed by atoms with Gasteiger partial charge in [-0.15, -0.1) is 0 Å². The van der Waals surface area contributed by atoms with Gasteiger partial charge in [-0.1, -0.05) is 12.1 Å². The van der Waals surface area contributed by atoms with Crippen molar-refractivity contribution in [1.82, 2.24) is 15.0 Å². The molecule has 0 bridgehead atoms. The van der Waals surface area contributed by atoms with Gasteiger partial charge in [-0.3, -0.25) is 4.98 Å². The number of aromatic nitrogens is 3. The zero-order valence-electron chi connectivity index (χ0n) is 16.0. The quantitative estimate of drug-likeness (QED) is 0.687. The van der Waals surface area contributed by atoms with Crippen LogP contribution in [-0.2, 0) is 11.2 Å². The fourth-order valence-electron chi connectivity index (χ4n) is 3.87. The molecule has 2 aromatic heterocycles. The van der Waals surface area contributed by atoms with Crippen molar-refractivity contribution < 1.29 is 4.74 Å². The predicted molar refractivity (Wildman–Crippen MR) is 110 cm³/mol. The van der Waals surface area contributed by atoms with E-state index in [1.807, 2.05) is 36.4 Å². The lowest BCUT2D eigenvalue weighted by atomic mass is 10.0. The van der Waals surface area contributed by atoms with E-state index in [1.165, 1.54) is 0 Å². The fourth-order valence-corrected chi connectivity index (χ4v) is 3.87. The summed E-state index contributed by atoms with van der Waals surface area (Å²) in [5, 5.41) is 9.12. The molecule has 3 aromatic rings. The Hall–Kier alpha value is -3.50. The number of hydrogen-bond donors (Lipinski definition) is 0. The van der Waals surface area contributed by atoms with Gasteiger partial charge in [-0.25, -0.2) is 4.98 Å². The lowest BCUT2D eigenvalue weighted by molar-refractivity contribution is 0.122. The Morgan fingerprint density at radius 1 is 0.931 bits per heavy atom. The van der Waals surface area contributed by atoms with E-state index in [4.69, 9.17) is 20.0 Å². The van der Waals surface area contributed by atoms with Gasteiger partial charge in [0.15, 0.2) is 0 Å². The highest BCUT2D eigenvalue weighted by Gasteiger charge is 2.29. The largest absolute Gasteiger partial charge is 0.378 e. The lowest BCUT2D eigenvalue weighted by Crippen LogP contribution is -2.37. The summed E-state index contributed by atoms with van der Waals surface area (Å²) in [7, 11) is 0. The van der Waals surface area contributed by atoms with Crippen molar-refractivity contribution in [2.24, 2.45) is 0 Å². The highest BCUT2D eigenvalue weighted by molar-refractivity contribution is 5.77. The van der Waals surface area contributed by atoms with Crippen molar-refractivity contribution in [3.8, 4) is 17.3 Å². The van der Waals surface area contributed by atoms with Crippen LogP contribution in [0, 0.1) is 11.3 Å². The molecule has 1 fully saturated rings. The first-order chi connectivity index (χ1) is 14.3. The van der Waals surface area contributed by atoms with Gasteiger partial charge in [0.2, 0.25) is 5.95 Å². The molecule has 2 aliphatic rings. The summed E-state index contributed by atoms with van der Waals surface area (Å²) >= 11 is 0. The fraction of sp³-hybridized carbons (Fsp3) is 0.273. The highest BCUT2D eigenvalue weighted by Crippen LogP contribution is 2.39. The Labute approximate surface area is 169 Å². The van der Waals surface area contributed by atoms with Crippen molar-refractivity contribution in [1.29, 1.82) is 5.26 Å². The smallest absolute Gasteiger partial charge is 0.228 e. The molecule has 0 saturated carbocycles. The van der Waals surface area contributed by atoms with Gasteiger partial charge in [0.05, 0.1) is 30.5 Å². The van der Waals surface area contributed by atoms with Crippen LogP contribution in [0.4, 0.5) is 17.5 Å². The highest BCUT2D eigenvalue weighted by atomic mass is 16.5. The second-order valence-corrected chi connectivity index (χ2v) is 7.07. The van der Waals surface area contributed by atoms with Crippen molar-refractivity contribution in [2.45, 2.75) is 6.42 Å². The predicted octanol–water partition coefficient (Wildman–Crippen LogP) is 2.94. The van der Waals surface area contributed by atoms with Crippen molar-refractivity contribution in [2.75, 3.05) is 42.6 Å². The summed E-state index contributed by atoms with van der Waals surface area (Å²) in [6, 6.07) is 13.8. The number of benzene rings is 1. The number of nitrogens with zero attached hydrogens (tertiary/aromatic N) is 6. The molecule has 29 heavy (non-hydrogen) atoms. The van der Waals surface area contributed by atoms with Crippen LogP contribution >= 0.6 is 0 Å². The standard InChI is InChI=1S/C22H20N6O/c23-15-16-1-3-17(4-2-16)20-19-7-10-28(18-5-8-24-9-6-18)21(19)26-22(25-20)27-11-13-29-14-12-27/h1-6,8-9H,7,10-14H2. The summed E-state index contributed by atoms with van der Waals surface area (Å²) in [6.07, 6.45) is 4.48. The molecule has 0 radical (unpaired) electrons. The molecular weight excluding hydrogens is 364 g/mol. The third-order valence-corrected chi connectivity index (χ3v) is 5.37. The van der Waals surface area contributed by atoms with Crippen LogP contribution in [0.3, 0.4) is 0 Å². The first-order valence-corrected chi connectivity index (χ1v) is 9.75. The summed E-state index contributed by atoms with van der Waals surface area (Å²) < 4.78 is 5.50. The molecule has 0 N–H and O–H groups in total. The Kier molecular flexibility index (Phi) is 4.54. The second-order valence-electron chi connectivity index (χ2n) is 7.07. The number of rotatable bonds is 3. The molecule has 144 valence electrons. The molecule has 1 saturated heterocycles. The van der Waals surface area contributed by atoms with Gasteiger partial charge in [0, 0.05) is 48.8 Å². The normalized spacial score (nSPS) is 15.8. The second kappa shape index (κ2) is 7.49. The van der Waals surface area contributed by atoms with E-state index in [0.29, 0.717) is 18.8 Å². The molecule has 2 aliphatic heterocycles. The average molecular weight is 384 g/mol. The third kappa shape index (κ3) is 3.28. The third-order valence-electron chi connectivity index (χ3n) is 5.37. The van der Waals surface area contributed by atoms with Crippen molar-refractivity contribution in [3.05, 3.63) is 59.9 Å². The van der Waals surface area contributed by atoms with E-state index in [9.17, 15) is 0 Å².